The molecule has 1 aliphatic rings. The lowest BCUT2D eigenvalue weighted by atomic mass is 9.80. The quantitative estimate of drug-likeness (QED) is 0.210. The number of hydrogen-bond donors (Lipinski definition) is 0. The first-order valence-electron chi connectivity index (χ1n) is 14.0. The third-order valence-corrected chi connectivity index (χ3v) is 8.98. The molecule has 8 rings (SSSR count). The van der Waals surface area contributed by atoms with E-state index in [4.69, 9.17) is 0 Å². The van der Waals surface area contributed by atoms with Crippen molar-refractivity contribution in [2.75, 3.05) is 0 Å². The standard InChI is InChI=1S/C39H29N/c1-24-12-16-29-30-17-15-28(22-36(30)39(2,3)35(29)20-24)38-32-11-7-6-10-31(32)37(33-18-19-40-23-34(33)38)27-14-13-25-8-4-5-9-26(25)21-27/h4-23H,1-3H3. The third kappa shape index (κ3) is 3.24. The minimum absolute atomic E-state index is 0.0540. The molecule has 0 spiro atoms. The van der Waals surface area contributed by atoms with Crippen molar-refractivity contribution in [2.45, 2.75) is 26.2 Å². The van der Waals surface area contributed by atoms with E-state index in [1.807, 2.05) is 6.20 Å². The van der Waals surface area contributed by atoms with E-state index in [-0.39, 0.29) is 5.41 Å². The van der Waals surface area contributed by atoms with Crippen LogP contribution in [0.5, 0.6) is 0 Å². The van der Waals surface area contributed by atoms with Gasteiger partial charge in [-0.2, -0.15) is 0 Å². The first-order valence-corrected chi connectivity index (χ1v) is 14.0. The Hall–Kier alpha value is -4.75. The van der Waals surface area contributed by atoms with Gasteiger partial charge in [0.15, 0.2) is 0 Å². The molecule has 6 aromatic carbocycles. The van der Waals surface area contributed by atoms with Crippen LogP contribution in [0, 0.1) is 6.92 Å². The van der Waals surface area contributed by atoms with Crippen molar-refractivity contribution >= 4 is 32.3 Å². The minimum Gasteiger partial charge on any atom is -0.264 e. The molecule has 190 valence electrons. The van der Waals surface area contributed by atoms with Crippen LogP contribution in [0.1, 0.15) is 30.5 Å². The Labute approximate surface area is 234 Å². The zero-order valence-corrected chi connectivity index (χ0v) is 23.0. The van der Waals surface area contributed by atoms with E-state index in [0.717, 1.165) is 0 Å². The maximum atomic E-state index is 4.63. The van der Waals surface area contributed by atoms with E-state index in [9.17, 15) is 0 Å². The first-order chi connectivity index (χ1) is 19.5. The van der Waals surface area contributed by atoms with Crippen LogP contribution in [0.3, 0.4) is 0 Å². The maximum absolute atomic E-state index is 4.63. The van der Waals surface area contributed by atoms with Crippen LogP contribution in [0.15, 0.2) is 122 Å². The Kier molecular flexibility index (Phi) is 4.85. The minimum atomic E-state index is -0.0540. The van der Waals surface area contributed by atoms with Crippen LogP contribution in [-0.2, 0) is 5.41 Å². The van der Waals surface area contributed by atoms with E-state index in [1.54, 1.807) is 0 Å². The Morgan fingerprint density at radius 1 is 0.525 bits per heavy atom. The van der Waals surface area contributed by atoms with Crippen LogP contribution >= 0.6 is 0 Å². The average molecular weight is 512 g/mol. The summed E-state index contributed by atoms with van der Waals surface area (Å²) in [4.78, 5) is 4.63. The van der Waals surface area contributed by atoms with Gasteiger partial charge in [-0.25, -0.2) is 0 Å². The topological polar surface area (TPSA) is 12.9 Å². The fraction of sp³-hybridized carbons (Fsp3) is 0.103. The predicted molar refractivity (Wildman–Crippen MR) is 170 cm³/mol. The number of aryl methyl sites for hydroxylation is 1. The van der Waals surface area contributed by atoms with Crippen molar-refractivity contribution in [3.8, 4) is 33.4 Å². The molecule has 0 aliphatic heterocycles. The summed E-state index contributed by atoms with van der Waals surface area (Å²) in [5.74, 6) is 0. The summed E-state index contributed by atoms with van der Waals surface area (Å²) < 4.78 is 0. The van der Waals surface area contributed by atoms with Crippen LogP contribution in [0.25, 0.3) is 65.7 Å². The molecule has 1 aromatic heterocycles. The van der Waals surface area contributed by atoms with Gasteiger partial charge >= 0.3 is 0 Å². The molecule has 1 heteroatoms. The number of pyridine rings is 1. The van der Waals surface area contributed by atoms with Crippen molar-refractivity contribution in [2.24, 2.45) is 0 Å². The lowest BCUT2D eigenvalue weighted by Gasteiger charge is -2.23. The number of fused-ring (bicyclic) bond motifs is 6. The number of rotatable bonds is 2. The molecule has 0 fully saturated rings. The van der Waals surface area contributed by atoms with E-state index in [1.165, 1.54) is 82.4 Å². The number of nitrogens with zero attached hydrogens (tertiary/aromatic N) is 1. The van der Waals surface area contributed by atoms with E-state index in [0.29, 0.717) is 0 Å². The second kappa shape index (κ2) is 8.37. The highest BCUT2D eigenvalue weighted by Crippen LogP contribution is 2.51. The van der Waals surface area contributed by atoms with Crippen molar-refractivity contribution in [3.63, 3.8) is 0 Å². The molecule has 0 N–H and O–H groups in total. The first kappa shape index (κ1) is 23.2. The van der Waals surface area contributed by atoms with Crippen molar-refractivity contribution < 1.29 is 0 Å². The van der Waals surface area contributed by atoms with Crippen LogP contribution in [0.2, 0.25) is 0 Å². The summed E-state index contributed by atoms with van der Waals surface area (Å²) in [6.07, 6.45) is 3.98. The molecule has 1 nitrogen and oxygen atoms in total. The summed E-state index contributed by atoms with van der Waals surface area (Å²) in [7, 11) is 0. The Morgan fingerprint density at radius 2 is 1.12 bits per heavy atom. The highest BCUT2D eigenvalue weighted by atomic mass is 14.6. The van der Waals surface area contributed by atoms with Gasteiger partial charge in [0.2, 0.25) is 0 Å². The zero-order chi connectivity index (χ0) is 27.0. The fourth-order valence-electron chi connectivity index (χ4n) is 6.99. The Balaban J connectivity index is 1.43. The van der Waals surface area contributed by atoms with Gasteiger partial charge < -0.3 is 0 Å². The zero-order valence-electron chi connectivity index (χ0n) is 23.0. The fourth-order valence-corrected chi connectivity index (χ4v) is 6.99. The molecule has 1 heterocycles. The highest BCUT2D eigenvalue weighted by molar-refractivity contribution is 6.21. The lowest BCUT2D eigenvalue weighted by molar-refractivity contribution is 0.660. The van der Waals surface area contributed by atoms with Gasteiger partial charge in [0.25, 0.3) is 0 Å². The number of hydrogen-bond acceptors (Lipinski definition) is 1. The molecular formula is C39H29N. The Morgan fingerprint density at radius 3 is 1.93 bits per heavy atom. The maximum Gasteiger partial charge on any atom is 0.0353 e. The molecule has 0 unspecified atom stereocenters. The van der Waals surface area contributed by atoms with Crippen LogP contribution in [0.4, 0.5) is 0 Å². The van der Waals surface area contributed by atoms with Gasteiger partial charge in [-0.15, -0.1) is 0 Å². The summed E-state index contributed by atoms with van der Waals surface area (Å²) >= 11 is 0. The predicted octanol–water partition coefficient (Wildman–Crippen LogP) is 10.5. The molecular weight excluding hydrogens is 482 g/mol. The lowest BCUT2D eigenvalue weighted by Crippen LogP contribution is -2.15. The normalized spacial score (nSPS) is 13.6. The van der Waals surface area contributed by atoms with E-state index in [2.05, 4.69) is 141 Å². The van der Waals surface area contributed by atoms with Crippen molar-refractivity contribution in [3.05, 3.63) is 138 Å². The van der Waals surface area contributed by atoms with Gasteiger partial charge in [0.1, 0.15) is 0 Å². The average Bonchev–Trinajstić information content (AvgIpc) is 3.20. The number of aromatic nitrogens is 1. The van der Waals surface area contributed by atoms with Crippen LogP contribution in [-0.4, -0.2) is 4.98 Å². The molecule has 0 saturated heterocycles. The van der Waals surface area contributed by atoms with Crippen LogP contribution < -0.4 is 0 Å². The Bertz CT molecular complexity index is 2090. The van der Waals surface area contributed by atoms with Gasteiger partial charge in [0, 0.05) is 23.2 Å². The van der Waals surface area contributed by atoms with Gasteiger partial charge in [0.05, 0.1) is 0 Å². The van der Waals surface area contributed by atoms with Gasteiger partial charge in [-0.3, -0.25) is 4.98 Å². The SMILES string of the molecule is Cc1ccc2c(c1)C(C)(C)c1cc(-c3c4ccccc4c(-c4ccc5ccccc5c4)c4ccncc34)ccc1-2. The van der Waals surface area contributed by atoms with E-state index < -0.39 is 0 Å². The summed E-state index contributed by atoms with van der Waals surface area (Å²) in [6, 6.07) is 40.5. The van der Waals surface area contributed by atoms with Gasteiger partial charge in [-0.1, -0.05) is 110 Å². The van der Waals surface area contributed by atoms with E-state index >= 15 is 0 Å². The highest BCUT2D eigenvalue weighted by Gasteiger charge is 2.35. The second-order valence-electron chi connectivity index (χ2n) is 11.7. The summed E-state index contributed by atoms with van der Waals surface area (Å²) in [5.41, 5.74) is 11.8. The molecule has 0 amide bonds. The molecule has 0 radical (unpaired) electrons. The van der Waals surface area contributed by atoms with Crippen molar-refractivity contribution in [1.82, 2.24) is 4.98 Å². The second-order valence-corrected chi connectivity index (χ2v) is 11.7. The molecule has 7 aromatic rings. The van der Waals surface area contributed by atoms with Crippen molar-refractivity contribution in [1.29, 1.82) is 0 Å². The molecule has 40 heavy (non-hydrogen) atoms. The summed E-state index contributed by atoms with van der Waals surface area (Å²) in [6.45, 7) is 6.91. The molecule has 0 saturated carbocycles. The molecule has 0 atom stereocenters. The molecule has 1 aliphatic carbocycles. The monoisotopic (exact) mass is 511 g/mol. The number of benzene rings is 6. The molecule has 0 bridgehead atoms. The largest absolute Gasteiger partial charge is 0.264 e. The third-order valence-electron chi connectivity index (χ3n) is 8.98. The summed E-state index contributed by atoms with van der Waals surface area (Å²) in [5, 5.41) is 7.47. The van der Waals surface area contributed by atoms with Gasteiger partial charge in [-0.05, 0) is 96.6 Å². The smallest absolute Gasteiger partial charge is 0.0353 e.